The highest BCUT2D eigenvalue weighted by molar-refractivity contribution is 5.89. The maximum Gasteiger partial charge on any atom is 0.227 e. The predicted octanol–water partition coefficient (Wildman–Crippen LogP) is 0.548. The van der Waals surface area contributed by atoms with Gasteiger partial charge in [-0.1, -0.05) is 6.42 Å². The third kappa shape index (κ3) is 2.64. The van der Waals surface area contributed by atoms with Crippen molar-refractivity contribution < 1.29 is 14.4 Å². The van der Waals surface area contributed by atoms with Crippen LogP contribution in [0.15, 0.2) is 6.33 Å². The largest absolute Gasteiger partial charge is 0.355 e. The first-order chi connectivity index (χ1) is 13.6. The van der Waals surface area contributed by atoms with Crippen LogP contribution in [0.2, 0.25) is 0 Å². The molecule has 1 saturated carbocycles. The number of imidazole rings is 1. The first-order valence-electron chi connectivity index (χ1n) is 10.5. The Morgan fingerprint density at radius 2 is 1.89 bits per heavy atom. The number of aromatic nitrogens is 2. The molecule has 5 rings (SSSR count). The van der Waals surface area contributed by atoms with Crippen molar-refractivity contribution in [2.75, 3.05) is 26.2 Å². The molecule has 3 aliphatic heterocycles. The Labute approximate surface area is 164 Å². The molecule has 3 amide bonds. The maximum absolute atomic E-state index is 13.2. The number of piperidine rings is 1. The fraction of sp³-hybridized carbons (Fsp3) is 0.700. The van der Waals surface area contributed by atoms with Gasteiger partial charge in [0.05, 0.1) is 23.5 Å². The van der Waals surface area contributed by atoms with Crippen LogP contribution in [-0.2, 0) is 26.3 Å². The summed E-state index contributed by atoms with van der Waals surface area (Å²) >= 11 is 0. The van der Waals surface area contributed by atoms with Gasteiger partial charge in [-0.25, -0.2) is 4.98 Å². The van der Waals surface area contributed by atoms with Gasteiger partial charge in [0.25, 0.3) is 0 Å². The van der Waals surface area contributed by atoms with E-state index in [1.54, 1.807) is 6.33 Å². The molecule has 1 atom stereocenters. The molecule has 0 aromatic carbocycles. The highest BCUT2D eigenvalue weighted by Crippen LogP contribution is 2.44. The second kappa shape index (κ2) is 6.60. The monoisotopic (exact) mass is 385 g/mol. The second-order valence-corrected chi connectivity index (χ2v) is 8.66. The lowest BCUT2D eigenvalue weighted by molar-refractivity contribution is -0.151. The van der Waals surface area contributed by atoms with Crippen molar-refractivity contribution in [3.05, 3.63) is 17.7 Å². The number of H-pyrrole nitrogens is 1. The summed E-state index contributed by atoms with van der Waals surface area (Å²) in [5.41, 5.74) is 1.72. The number of fused-ring (bicyclic) bond motifs is 2. The molecule has 150 valence electrons. The zero-order valence-electron chi connectivity index (χ0n) is 16.1. The Balaban J connectivity index is 1.37. The smallest absolute Gasteiger partial charge is 0.227 e. The summed E-state index contributed by atoms with van der Waals surface area (Å²) in [4.78, 5) is 49.3. The number of hydrogen-bond acceptors (Lipinski definition) is 4. The van der Waals surface area contributed by atoms with E-state index < -0.39 is 5.54 Å². The van der Waals surface area contributed by atoms with Crippen molar-refractivity contribution >= 4 is 17.7 Å². The summed E-state index contributed by atoms with van der Waals surface area (Å²) in [5.74, 6) is 0.195. The van der Waals surface area contributed by atoms with E-state index in [2.05, 4.69) is 20.2 Å². The molecule has 4 aliphatic rings. The molecule has 0 radical (unpaired) electrons. The lowest BCUT2D eigenvalue weighted by atomic mass is 9.76. The molecule has 0 bridgehead atoms. The molecular weight excluding hydrogens is 358 g/mol. The molecule has 0 unspecified atom stereocenters. The van der Waals surface area contributed by atoms with Gasteiger partial charge in [0.2, 0.25) is 17.7 Å². The summed E-state index contributed by atoms with van der Waals surface area (Å²) in [5, 5.41) is 2.75. The van der Waals surface area contributed by atoms with E-state index in [4.69, 9.17) is 0 Å². The fourth-order valence-corrected chi connectivity index (χ4v) is 5.32. The van der Waals surface area contributed by atoms with Crippen LogP contribution in [0.25, 0.3) is 0 Å². The third-order valence-electron chi connectivity index (χ3n) is 7.21. The van der Waals surface area contributed by atoms with Crippen LogP contribution in [-0.4, -0.2) is 63.7 Å². The predicted molar refractivity (Wildman–Crippen MR) is 100.0 cm³/mol. The van der Waals surface area contributed by atoms with Crippen LogP contribution < -0.4 is 5.32 Å². The highest BCUT2D eigenvalue weighted by atomic mass is 16.2. The third-order valence-corrected chi connectivity index (χ3v) is 7.21. The molecule has 1 spiro atoms. The van der Waals surface area contributed by atoms with Gasteiger partial charge in [0.15, 0.2) is 0 Å². The van der Waals surface area contributed by atoms with Crippen molar-refractivity contribution in [2.24, 2.45) is 11.8 Å². The topological polar surface area (TPSA) is 98.4 Å². The molecule has 3 fully saturated rings. The number of carbonyl (C=O) groups excluding carboxylic acids is 3. The van der Waals surface area contributed by atoms with Crippen molar-refractivity contribution in [1.29, 1.82) is 0 Å². The summed E-state index contributed by atoms with van der Waals surface area (Å²) in [6.07, 6.45) is 7.38. The first kappa shape index (κ1) is 17.7. The first-order valence-corrected chi connectivity index (χ1v) is 10.5. The van der Waals surface area contributed by atoms with Crippen LogP contribution in [0.4, 0.5) is 0 Å². The summed E-state index contributed by atoms with van der Waals surface area (Å²) in [7, 11) is 0. The molecular formula is C20H27N5O3. The van der Waals surface area contributed by atoms with E-state index in [1.807, 2.05) is 4.90 Å². The summed E-state index contributed by atoms with van der Waals surface area (Å²) in [6.45, 7) is 2.36. The minimum Gasteiger partial charge on any atom is -0.355 e. The van der Waals surface area contributed by atoms with Crippen LogP contribution in [0, 0.1) is 11.8 Å². The molecule has 1 aliphatic carbocycles. The van der Waals surface area contributed by atoms with Crippen LogP contribution in [0.3, 0.4) is 0 Å². The molecule has 1 aromatic heterocycles. The van der Waals surface area contributed by atoms with Gasteiger partial charge in [-0.2, -0.15) is 0 Å². The Kier molecular flexibility index (Phi) is 4.17. The van der Waals surface area contributed by atoms with E-state index in [1.165, 1.54) is 0 Å². The molecule has 4 heterocycles. The molecule has 2 saturated heterocycles. The van der Waals surface area contributed by atoms with Crippen molar-refractivity contribution in [3.8, 4) is 0 Å². The SMILES string of the molecule is O=C1C[C@H](C(=O)N2CCC3(CC2)c2nc[nH]c2CCN3C(=O)C2CCC2)CN1. The standard InChI is InChI=1S/C20H27N5O3/c26-16-10-14(11-21-16)18(27)24-8-5-20(6-9-24)17-15(22-12-23-17)4-7-25(20)19(28)13-2-1-3-13/h12-14H,1-11H2,(H,21,26)(H,22,23)/t14-/m0/s1. The van der Waals surface area contributed by atoms with E-state index in [0.29, 0.717) is 32.5 Å². The van der Waals surface area contributed by atoms with Crippen LogP contribution in [0.1, 0.15) is 49.9 Å². The zero-order chi connectivity index (χ0) is 19.3. The Hall–Kier alpha value is -2.38. The molecule has 28 heavy (non-hydrogen) atoms. The van der Waals surface area contributed by atoms with Gasteiger partial charge in [0.1, 0.15) is 0 Å². The average molecular weight is 385 g/mol. The lowest BCUT2D eigenvalue weighted by Crippen LogP contribution is -2.60. The van der Waals surface area contributed by atoms with Crippen LogP contribution >= 0.6 is 0 Å². The van der Waals surface area contributed by atoms with Gasteiger partial charge in [0, 0.05) is 50.6 Å². The van der Waals surface area contributed by atoms with E-state index in [-0.39, 0.29) is 36.0 Å². The van der Waals surface area contributed by atoms with E-state index >= 15 is 0 Å². The fourth-order valence-electron chi connectivity index (χ4n) is 5.32. The Bertz CT molecular complexity index is 807. The van der Waals surface area contributed by atoms with Crippen molar-refractivity contribution in [3.63, 3.8) is 0 Å². The van der Waals surface area contributed by atoms with E-state index in [0.717, 1.165) is 43.6 Å². The van der Waals surface area contributed by atoms with Crippen LogP contribution in [0.5, 0.6) is 0 Å². The normalized spacial score (nSPS) is 26.7. The van der Waals surface area contributed by atoms with E-state index in [9.17, 15) is 14.4 Å². The highest BCUT2D eigenvalue weighted by Gasteiger charge is 2.51. The second-order valence-electron chi connectivity index (χ2n) is 8.66. The maximum atomic E-state index is 13.2. The summed E-state index contributed by atoms with van der Waals surface area (Å²) in [6, 6.07) is 0. The Morgan fingerprint density at radius 3 is 2.54 bits per heavy atom. The van der Waals surface area contributed by atoms with Gasteiger partial charge >= 0.3 is 0 Å². The average Bonchev–Trinajstić information content (AvgIpc) is 3.30. The molecule has 8 heteroatoms. The van der Waals surface area contributed by atoms with Gasteiger partial charge in [-0.05, 0) is 25.7 Å². The number of nitrogens with zero attached hydrogens (tertiary/aromatic N) is 3. The van der Waals surface area contributed by atoms with Gasteiger partial charge < -0.3 is 20.1 Å². The molecule has 2 N–H and O–H groups in total. The molecule has 1 aromatic rings. The number of aromatic amines is 1. The minimum absolute atomic E-state index is 0.0439. The number of nitrogens with one attached hydrogen (secondary N) is 2. The van der Waals surface area contributed by atoms with Gasteiger partial charge in [-0.15, -0.1) is 0 Å². The number of hydrogen-bond donors (Lipinski definition) is 2. The zero-order valence-corrected chi connectivity index (χ0v) is 16.1. The number of carbonyl (C=O) groups is 3. The minimum atomic E-state index is -0.402. The van der Waals surface area contributed by atoms with Gasteiger partial charge in [-0.3, -0.25) is 14.4 Å². The number of amides is 3. The Morgan fingerprint density at radius 1 is 1.11 bits per heavy atom. The van der Waals surface area contributed by atoms with Crippen molar-refractivity contribution in [1.82, 2.24) is 25.1 Å². The van der Waals surface area contributed by atoms with Crippen molar-refractivity contribution in [2.45, 2.75) is 50.5 Å². The molecule has 8 nitrogen and oxygen atoms in total. The number of rotatable bonds is 2. The summed E-state index contributed by atoms with van der Waals surface area (Å²) < 4.78 is 0. The quantitative estimate of drug-likeness (QED) is 0.777. The lowest BCUT2D eigenvalue weighted by Gasteiger charge is -2.52. The number of likely N-dealkylation sites (tertiary alicyclic amines) is 1.